The van der Waals surface area contributed by atoms with Crippen molar-refractivity contribution in [2.24, 2.45) is 5.10 Å². The van der Waals surface area contributed by atoms with Gasteiger partial charge in [-0.1, -0.05) is 30.2 Å². The van der Waals surface area contributed by atoms with Gasteiger partial charge in [-0.15, -0.1) is 6.42 Å². The summed E-state index contributed by atoms with van der Waals surface area (Å²) >= 11 is 0. The third kappa shape index (κ3) is 3.03. The summed E-state index contributed by atoms with van der Waals surface area (Å²) in [7, 11) is 0. The van der Waals surface area contributed by atoms with Crippen molar-refractivity contribution in [2.45, 2.75) is 6.92 Å². The molecule has 24 heavy (non-hydrogen) atoms. The largest absolute Gasteiger partial charge is 0.480 e. The second-order valence-corrected chi connectivity index (χ2v) is 5.07. The predicted molar refractivity (Wildman–Crippen MR) is 94.5 cm³/mol. The maximum atomic E-state index is 12.6. The van der Waals surface area contributed by atoms with E-state index in [1.54, 1.807) is 37.4 Å². The molecule has 0 aliphatic heterocycles. The minimum absolute atomic E-state index is 0.168. The number of terminal acetylenes is 1. The second kappa shape index (κ2) is 6.80. The molecule has 0 bridgehead atoms. The first kappa shape index (κ1) is 15.5. The molecule has 0 aliphatic carbocycles. The fourth-order valence-electron chi connectivity index (χ4n) is 2.33. The number of para-hydroxylation sites is 2. The Morgan fingerprint density at radius 2 is 2.00 bits per heavy atom. The number of fused-ring (bicyclic) bond motifs is 1. The molecule has 0 atom stereocenters. The van der Waals surface area contributed by atoms with E-state index in [0.29, 0.717) is 22.5 Å². The molecule has 1 heterocycles. The van der Waals surface area contributed by atoms with E-state index in [2.05, 4.69) is 16.0 Å². The van der Waals surface area contributed by atoms with Crippen LogP contribution in [0.25, 0.3) is 10.9 Å². The van der Waals surface area contributed by atoms with E-state index in [1.165, 1.54) is 4.68 Å². The van der Waals surface area contributed by atoms with Crippen molar-refractivity contribution in [3.63, 3.8) is 0 Å². The lowest BCUT2D eigenvalue weighted by atomic mass is 10.2. The molecule has 5 heteroatoms. The van der Waals surface area contributed by atoms with E-state index < -0.39 is 0 Å². The highest BCUT2D eigenvalue weighted by molar-refractivity contribution is 5.83. The molecule has 5 nitrogen and oxygen atoms in total. The summed E-state index contributed by atoms with van der Waals surface area (Å²) in [4.78, 5) is 17.0. The summed E-state index contributed by atoms with van der Waals surface area (Å²) in [5, 5.41) is 4.80. The summed E-state index contributed by atoms with van der Waals surface area (Å²) in [5.41, 5.74) is 1.17. The molecule has 0 saturated carbocycles. The smallest absolute Gasteiger partial charge is 0.282 e. The fourth-order valence-corrected chi connectivity index (χ4v) is 2.33. The van der Waals surface area contributed by atoms with Crippen LogP contribution in [0.15, 0.2) is 58.4 Å². The van der Waals surface area contributed by atoms with Crippen LogP contribution in [0.4, 0.5) is 0 Å². The number of rotatable bonds is 4. The summed E-state index contributed by atoms with van der Waals surface area (Å²) in [6, 6.07) is 14.5. The molecule has 0 amide bonds. The number of ether oxygens (including phenoxy) is 1. The number of hydrogen-bond donors (Lipinski definition) is 0. The van der Waals surface area contributed by atoms with Gasteiger partial charge in [-0.25, -0.2) is 4.98 Å². The monoisotopic (exact) mass is 317 g/mol. The minimum Gasteiger partial charge on any atom is -0.480 e. The van der Waals surface area contributed by atoms with Crippen molar-refractivity contribution >= 4 is 17.1 Å². The molecule has 3 rings (SSSR count). The van der Waals surface area contributed by atoms with Gasteiger partial charge in [-0.05, 0) is 31.2 Å². The molecule has 118 valence electrons. The Kier molecular flexibility index (Phi) is 4.39. The van der Waals surface area contributed by atoms with Crippen LogP contribution in [0.3, 0.4) is 0 Å². The quantitative estimate of drug-likeness (QED) is 0.549. The first-order valence-electron chi connectivity index (χ1n) is 7.39. The molecule has 0 spiro atoms. The highest BCUT2D eigenvalue weighted by Crippen LogP contribution is 2.16. The van der Waals surface area contributed by atoms with Crippen molar-refractivity contribution < 1.29 is 4.74 Å². The highest BCUT2D eigenvalue weighted by Gasteiger charge is 2.07. The van der Waals surface area contributed by atoms with Crippen LogP contribution >= 0.6 is 0 Å². The predicted octanol–water partition coefficient (Wildman–Crippen LogP) is 2.60. The average Bonchev–Trinajstić information content (AvgIpc) is 2.60. The SMILES string of the molecule is C#CCOc1ccccc1/C=N\n1c(C)nc2ccccc2c1=O. The van der Waals surface area contributed by atoms with Gasteiger partial charge >= 0.3 is 0 Å². The Morgan fingerprint density at radius 3 is 2.83 bits per heavy atom. The number of aromatic nitrogens is 2. The van der Waals surface area contributed by atoms with Gasteiger partial charge in [0.05, 0.1) is 17.1 Å². The molecule has 2 aromatic carbocycles. The summed E-state index contributed by atoms with van der Waals surface area (Å²) < 4.78 is 6.75. The van der Waals surface area contributed by atoms with E-state index in [9.17, 15) is 4.79 Å². The summed E-state index contributed by atoms with van der Waals surface area (Å²) in [5.74, 6) is 3.54. The molecule has 3 aromatic rings. The second-order valence-electron chi connectivity index (χ2n) is 5.07. The van der Waals surface area contributed by atoms with Crippen LogP contribution in [0, 0.1) is 19.3 Å². The van der Waals surface area contributed by atoms with Crippen LogP contribution in [0.1, 0.15) is 11.4 Å². The van der Waals surface area contributed by atoms with Gasteiger partial charge in [0.1, 0.15) is 18.2 Å². The Morgan fingerprint density at radius 1 is 1.25 bits per heavy atom. The topological polar surface area (TPSA) is 56.5 Å². The normalized spacial score (nSPS) is 10.8. The molecule has 0 unspecified atom stereocenters. The number of nitrogens with zero attached hydrogens (tertiary/aromatic N) is 3. The standard InChI is InChI=1S/C19H15N3O2/c1-3-12-24-18-11-7-4-8-15(18)13-20-22-14(2)21-17-10-6-5-9-16(17)19(22)23/h1,4-11,13H,12H2,2H3/b20-13-. The fraction of sp³-hybridized carbons (Fsp3) is 0.105. The van der Waals surface area contributed by atoms with Crippen molar-refractivity contribution in [2.75, 3.05) is 6.61 Å². The Labute approximate surface area is 139 Å². The van der Waals surface area contributed by atoms with E-state index >= 15 is 0 Å². The van der Waals surface area contributed by atoms with Crippen LogP contribution in [0.5, 0.6) is 5.75 Å². The van der Waals surface area contributed by atoms with E-state index in [1.807, 2.05) is 24.3 Å². The number of hydrogen-bond acceptors (Lipinski definition) is 4. The molecular weight excluding hydrogens is 302 g/mol. The summed E-state index contributed by atoms with van der Waals surface area (Å²) in [6.45, 7) is 1.91. The van der Waals surface area contributed by atoms with Crippen molar-refractivity contribution in [3.05, 3.63) is 70.3 Å². The maximum absolute atomic E-state index is 12.6. The third-order valence-corrected chi connectivity index (χ3v) is 3.46. The zero-order chi connectivity index (χ0) is 16.9. The Balaban J connectivity index is 2.03. The van der Waals surface area contributed by atoms with Crippen LogP contribution in [-0.4, -0.2) is 22.5 Å². The Bertz CT molecular complexity index is 1010. The lowest BCUT2D eigenvalue weighted by molar-refractivity contribution is 0.370. The average molecular weight is 317 g/mol. The van der Waals surface area contributed by atoms with Gasteiger partial charge in [-0.3, -0.25) is 4.79 Å². The number of benzene rings is 2. The van der Waals surface area contributed by atoms with Gasteiger partial charge in [-0.2, -0.15) is 9.78 Å². The van der Waals surface area contributed by atoms with Gasteiger partial charge in [0.2, 0.25) is 0 Å². The van der Waals surface area contributed by atoms with Gasteiger partial charge in [0.25, 0.3) is 5.56 Å². The highest BCUT2D eigenvalue weighted by atomic mass is 16.5. The maximum Gasteiger partial charge on any atom is 0.282 e. The first-order valence-corrected chi connectivity index (χ1v) is 7.39. The van der Waals surface area contributed by atoms with E-state index in [0.717, 1.165) is 5.56 Å². The molecule has 0 radical (unpaired) electrons. The van der Waals surface area contributed by atoms with Crippen molar-refractivity contribution in [1.29, 1.82) is 0 Å². The third-order valence-electron chi connectivity index (χ3n) is 3.46. The van der Waals surface area contributed by atoms with Crippen molar-refractivity contribution in [3.8, 4) is 18.1 Å². The molecule has 0 fully saturated rings. The van der Waals surface area contributed by atoms with Crippen molar-refractivity contribution in [1.82, 2.24) is 9.66 Å². The Hall–Kier alpha value is -3.39. The summed E-state index contributed by atoms with van der Waals surface area (Å²) in [6.07, 6.45) is 6.79. The minimum atomic E-state index is -0.212. The van der Waals surface area contributed by atoms with Gasteiger partial charge < -0.3 is 4.74 Å². The lowest BCUT2D eigenvalue weighted by Gasteiger charge is -2.07. The lowest BCUT2D eigenvalue weighted by Crippen LogP contribution is -2.20. The van der Waals surface area contributed by atoms with Gasteiger partial charge in [0, 0.05) is 5.56 Å². The van der Waals surface area contributed by atoms with E-state index in [-0.39, 0.29) is 12.2 Å². The molecule has 1 aromatic heterocycles. The van der Waals surface area contributed by atoms with Crippen LogP contribution in [0.2, 0.25) is 0 Å². The van der Waals surface area contributed by atoms with Gasteiger partial charge in [0.15, 0.2) is 0 Å². The first-order chi connectivity index (χ1) is 11.7. The zero-order valence-corrected chi connectivity index (χ0v) is 13.1. The zero-order valence-electron chi connectivity index (χ0n) is 13.1. The molecule has 0 aliphatic rings. The van der Waals surface area contributed by atoms with Crippen LogP contribution < -0.4 is 10.3 Å². The number of aryl methyl sites for hydroxylation is 1. The molecule has 0 N–H and O–H groups in total. The van der Waals surface area contributed by atoms with E-state index in [4.69, 9.17) is 11.2 Å². The van der Waals surface area contributed by atoms with Crippen LogP contribution in [-0.2, 0) is 0 Å². The molecule has 0 saturated heterocycles. The molecular formula is C19H15N3O2.